The van der Waals surface area contributed by atoms with Crippen molar-refractivity contribution in [3.05, 3.63) is 54.1 Å². The van der Waals surface area contributed by atoms with Crippen LogP contribution in [-0.4, -0.2) is 67.3 Å². The smallest absolute Gasteiger partial charge is 0.270 e. The standard InChI is InChI=1S/C24H28N4O4/c1-18-3-5-19(6-4-18)28-23(29)12-11-22(25-28)24(30)27-15-13-26(14-16-27)17-32-21-9-7-20(31-2)8-10-21/h3-10H,11-17H2,1-2H3. The van der Waals surface area contributed by atoms with Gasteiger partial charge in [-0.25, -0.2) is 5.01 Å². The topological polar surface area (TPSA) is 74.7 Å². The van der Waals surface area contributed by atoms with E-state index in [0.717, 1.165) is 30.2 Å². The third-order valence-electron chi connectivity index (χ3n) is 5.69. The number of hydrazone groups is 1. The Labute approximate surface area is 188 Å². The first-order valence-corrected chi connectivity index (χ1v) is 10.8. The second kappa shape index (κ2) is 9.82. The summed E-state index contributed by atoms with van der Waals surface area (Å²) in [7, 11) is 1.63. The number of methoxy groups -OCH3 is 1. The van der Waals surface area contributed by atoms with Crippen molar-refractivity contribution in [2.45, 2.75) is 19.8 Å². The molecule has 0 aromatic heterocycles. The summed E-state index contributed by atoms with van der Waals surface area (Å²) in [6.07, 6.45) is 0.662. The van der Waals surface area contributed by atoms with Crippen LogP contribution in [0.2, 0.25) is 0 Å². The number of ether oxygens (including phenoxy) is 2. The summed E-state index contributed by atoms with van der Waals surface area (Å²) in [5.41, 5.74) is 2.23. The SMILES string of the molecule is COc1ccc(OCN2CCN(C(=O)C3=NN(c4ccc(C)cc4)C(=O)CC3)CC2)cc1. The average Bonchev–Trinajstić information content (AvgIpc) is 2.84. The Morgan fingerprint density at radius 1 is 0.938 bits per heavy atom. The fourth-order valence-electron chi connectivity index (χ4n) is 3.70. The van der Waals surface area contributed by atoms with E-state index in [0.29, 0.717) is 37.6 Å². The lowest BCUT2D eigenvalue weighted by molar-refractivity contribution is -0.126. The molecule has 0 aliphatic carbocycles. The summed E-state index contributed by atoms with van der Waals surface area (Å²) < 4.78 is 11.0. The van der Waals surface area contributed by atoms with Crippen LogP contribution in [0.15, 0.2) is 53.6 Å². The van der Waals surface area contributed by atoms with Crippen LogP contribution >= 0.6 is 0 Å². The van der Waals surface area contributed by atoms with Crippen molar-refractivity contribution in [3.8, 4) is 11.5 Å². The Hall–Kier alpha value is -3.39. The minimum atomic E-state index is -0.0923. The van der Waals surface area contributed by atoms with E-state index >= 15 is 0 Å². The molecule has 0 atom stereocenters. The zero-order chi connectivity index (χ0) is 22.5. The molecule has 32 heavy (non-hydrogen) atoms. The molecular formula is C24H28N4O4. The van der Waals surface area contributed by atoms with Gasteiger partial charge in [-0.3, -0.25) is 14.5 Å². The number of carbonyl (C=O) groups excluding carboxylic acids is 2. The number of nitrogens with zero attached hydrogens (tertiary/aromatic N) is 4. The van der Waals surface area contributed by atoms with Crippen LogP contribution in [0.5, 0.6) is 11.5 Å². The van der Waals surface area contributed by atoms with Crippen LogP contribution < -0.4 is 14.5 Å². The molecule has 2 aromatic rings. The normalized spacial score (nSPS) is 17.2. The highest BCUT2D eigenvalue weighted by Gasteiger charge is 2.30. The molecule has 0 spiro atoms. The first kappa shape index (κ1) is 21.8. The lowest BCUT2D eigenvalue weighted by atomic mass is 10.1. The number of hydrogen-bond acceptors (Lipinski definition) is 6. The van der Waals surface area contributed by atoms with Crippen molar-refractivity contribution in [1.29, 1.82) is 0 Å². The molecule has 0 unspecified atom stereocenters. The fraction of sp³-hybridized carbons (Fsp3) is 0.375. The van der Waals surface area contributed by atoms with Gasteiger partial charge in [0.1, 0.15) is 23.9 Å². The van der Waals surface area contributed by atoms with Crippen molar-refractivity contribution in [1.82, 2.24) is 9.80 Å². The molecule has 2 aliphatic rings. The van der Waals surface area contributed by atoms with E-state index in [2.05, 4.69) is 10.0 Å². The Balaban J connectivity index is 1.31. The number of benzene rings is 2. The first-order chi connectivity index (χ1) is 15.5. The second-order valence-electron chi connectivity index (χ2n) is 7.95. The van der Waals surface area contributed by atoms with Gasteiger partial charge in [0.05, 0.1) is 12.8 Å². The molecule has 0 bridgehead atoms. The molecule has 2 aliphatic heterocycles. The van der Waals surface area contributed by atoms with Gasteiger partial charge in [-0.15, -0.1) is 0 Å². The van der Waals surface area contributed by atoms with Gasteiger partial charge in [-0.2, -0.15) is 5.10 Å². The highest BCUT2D eigenvalue weighted by Crippen LogP contribution is 2.22. The summed E-state index contributed by atoms with van der Waals surface area (Å²) in [5, 5.41) is 5.76. The largest absolute Gasteiger partial charge is 0.497 e. The molecule has 4 rings (SSSR count). The highest BCUT2D eigenvalue weighted by atomic mass is 16.5. The minimum absolute atomic E-state index is 0.0918. The van der Waals surface area contributed by atoms with Gasteiger partial charge in [0.2, 0.25) is 5.91 Å². The summed E-state index contributed by atoms with van der Waals surface area (Å²) >= 11 is 0. The average molecular weight is 437 g/mol. The zero-order valence-corrected chi connectivity index (χ0v) is 18.5. The number of amides is 2. The maximum absolute atomic E-state index is 13.0. The van der Waals surface area contributed by atoms with E-state index in [1.54, 1.807) is 7.11 Å². The number of rotatable bonds is 6. The summed E-state index contributed by atoms with van der Waals surface area (Å²) in [6, 6.07) is 15.0. The summed E-state index contributed by atoms with van der Waals surface area (Å²) in [6.45, 7) is 5.09. The zero-order valence-electron chi connectivity index (χ0n) is 18.5. The molecule has 2 amide bonds. The van der Waals surface area contributed by atoms with E-state index < -0.39 is 0 Å². The molecule has 168 valence electrons. The number of aryl methyl sites for hydroxylation is 1. The Morgan fingerprint density at radius 3 is 2.25 bits per heavy atom. The molecule has 2 aromatic carbocycles. The predicted molar refractivity (Wildman–Crippen MR) is 122 cm³/mol. The van der Waals surface area contributed by atoms with Crippen LogP contribution in [0.1, 0.15) is 18.4 Å². The van der Waals surface area contributed by atoms with Gasteiger partial charge >= 0.3 is 0 Å². The van der Waals surface area contributed by atoms with E-state index in [1.807, 2.05) is 60.4 Å². The van der Waals surface area contributed by atoms with E-state index in [-0.39, 0.29) is 18.2 Å². The molecule has 0 saturated carbocycles. The third-order valence-corrected chi connectivity index (χ3v) is 5.69. The quantitative estimate of drug-likeness (QED) is 0.696. The number of carbonyl (C=O) groups is 2. The lowest BCUT2D eigenvalue weighted by Gasteiger charge is -2.35. The van der Waals surface area contributed by atoms with Crippen molar-refractivity contribution in [2.75, 3.05) is 45.0 Å². The van der Waals surface area contributed by atoms with Gasteiger partial charge in [-0.1, -0.05) is 17.7 Å². The van der Waals surface area contributed by atoms with Gasteiger partial charge in [0, 0.05) is 39.0 Å². The molecule has 0 N–H and O–H groups in total. The Morgan fingerprint density at radius 2 is 1.59 bits per heavy atom. The van der Waals surface area contributed by atoms with Crippen LogP contribution in [0.4, 0.5) is 5.69 Å². The van der Waals surface area contributed by atoms with E-state index in [4.69, 9.17) is 9.47 Å². The molecule has 1 saturated heterocycles. The maximum Gasteiger partial charge on any atom is 0.270 e. The third kappa shape index (κ3) is 5.08. The molecule has 8 nitrogen and oxygen atoms in total. The van der Waals surface area contributed by atoms with Crippen LogP contribution in [0, 0.1) is 6.92 Å². The van der Waals surface area contributed by atoms with E-state index in [9.17, 15) is 9.59 Å². The summed E-state index contributed by atoms with van der Waals surface area (Å²) in [4.78, 5) is 29.4. The Bertz CT molecular complexity index is 980. The van der Waals surface area contributed by atoms with Gasteiger partial charge in [0.25, 0.3) is 5.91 Å². The predicted octanol–water partition coefficient (Wildman–Crippen LogP) is 2.67. The van der Waals surface area contributed by atoms with Crippen molar-refractivity contribution < 1.29 is 19.1 Å². The molecular weight excluding hydrogens is 408 g/mol. The molecule has 2 heterocycles. The van der Waals surface area contributed by atoms with Gasteiger partial charge < -0.3 is 14.4 Å². The monoisotopic (exact) mass is 436 g/mol. The Kier molecular flexibility index (Phi) is 6.70. The highest BCUT2D eigenvalue weighted by molar-refractivity contribution is 6.40. The number of hydrogen-bond donors (Lipinski definition) is 0. The van der Waals surface area contributed by atoms with Crippen LogP contribution in [0.25, 0.3) is 0 Å². The first-order valence-electron chi connectivity index (χ1n) is 10.8. The van der Waals surface area contributed by atoms with Crippen molar-refractivity contribution in [3.63, 3.8) is 0 Å². The van der Waals surface area contributed by atoms with E-state index in [1.165, 1.54) is 5.01 Å². The second-order valence-corrected chi connectivity index (χ2v) is 7.95. The maximum atomic E-state index is 13.0. The van der Waals surface area contributed by atoms with Crippen molar-refractivity contribution in [2.24, 2.45) is 5.10 Å². The van der Waals surface area contributed by atoms with Gasteiger partial charge in [0.15, 0.2) is 0 Å². The van der Waals surface area contributed by atoms with Crippen LogP contribution in [0.3, 0.4) is 0 Å². The fourth-order valence-corrected chi connectivity index (χ4v) is 3.70. The van der Waals surface area contributed by atoms with Crippen LogP contribution in [-0.2, 0) is 9.59 Å². The number of anilines is 1. The molecule has 1 fully saturated rings. The van der Waals surface area contributed by atoms with Crippen molar-refractivity contribution >= 4 is 23.2 Å². The summed E-state index contributed by atoms with van der Waals surface area (Å²) in [5.74, 6) is 1.38. The van der Waals surface area contributed by atoms with Gasteiger partial charge in [-0.05, 0) is 43.3 Å². The molecule has 0 radical (unpaired) electrons. The molecule has 8 heteroatoms. The number of piperazine rings is 1. The lowest BCUT2D eigenvalue weighted by Crippen LogP contribution is -2.52. The minimum Gasteiger partial charge on any atom is -0.497 e.